The second-order valence-corrected chi connectivity index (χ2v) is 4.37. The van der Waals surface area contributed by atoms with E-state index < -0.39 is 5.97 Å². The molecule has 0 amide bonds. The van der Waals surface area contributed by atoms with Crippen molar-refractivity contribution < 1.29 is 15.0 Å². The molecule has 2 rings (SSSR count). The zero-order chi connectivity index (χ0) is 13.8. The molecule has 2 aromatic carbocycles. The molecule has 2 N–H and O–H groups in total. The van der Waals surface area contributed by atoms with Gasteiger partial charge in [-0.2, -0.15) is 0 Å². The summed E-state index contributed by atoms with van der Waals surface area (Å²) in [5.74, 6) is -0.829. The fourth-order valence-corrected chi connectivity index (χ4v) is 1.81. The Hall–Kier alpha value is -2.26. The van der Waals surface area contributed by atoms with E-state index >= 15 is 0 Å². The zero-order valence-corrected chi connectivity index (χ0v) is 10.6. The molecule has 0 atom stereocenters. The summed E-state index contributed by atoms with van der Waals surface area (Å²) in [4.78, 5) is 10.7. The molecule has 96 valence electrons. The van der Waals surface area contributed by atoms with Crippen LogP contribution in [0.5, 0.6) is 5.75 Å². The van der Waals surface area contributed by atoms with Crippen LogP contribution in [0.2, 0.25) is 5.02 Å². The highest BCUT2D eigenvalue weighted by molar-refractivity contribution is 6.32. The van der Waals surface area contributed by atoms with Crippen LogP contribution in [0, 0.1) is 0 Å². The van der Waals surface area contributed by atoms with Crippen molar-refractivity contribution in [1.29, 1.82) is 0 Å². The summed E-state index contributed by atoms with van der Waals surface area (Å²) >= 11 is 5.97. The lowest BCUT2D eigenvalue weighted by Gasteiger charge is -1.99. The lowest BCUT2D eigenvalue weighted by molar-refractivity contribution is 0.0697. The highest BCUT2D eigenvalue weighted by Crippen LogP contribution is 2.23. The second-order valence-electron chi connectivity index (χ2n) is 3.97. The van der Waals surface area contributed by atoms with Gasteiger partial charge in [-0.1, -0.05) is 35.9 Å². The van der Waals surface area contributed by atoms with E-state index in [9.17, 15) is 9.90 Å². The van der Waals surface area contributed by atoms with Gasteiger partial charge in [-0.15, -0.1) is 0 Å². The third-order valence-electron chi connectivity index (χ3n) is 2.60. The van der Waals surface area contributed by atoms with E-state index in [1.807, 2.05) is 6.08 Å². The number of rotatable bonds is 3. The van der Waals surface area contributed by atoms with Gasteiger partial charge in [0.1, 0.15) is 5.75 Å². The number of phenolic OH excluding ortho intramolecular Hbond substituents is 1. The number of hydrogen-bond acceptors (Lipinski definition) is 2. The average molecular weight is 275 g/mol. The maximum Gasteiger partial charge on any atom is 0.335 e. The first-order chi connectivity index (χ1) is 9.06. The quantitative estimate of drug-likeness (QED) is 0.834. The molecule has 2 aromatic rings. The molecule has 0 aliphatic heterocycles. The van der Waals surface area contributed by atoms with Gasteiger partial charge in [-0.05, 0) is 41.5 Å². The predicted octanol–water partition coefficient (Wildman–Crippen LogP) is 3.91. The highest BCUT2D eigenvalue weighted by Gasteiger charge is 2.01. The molecule has 0 heterocycles. The van der Waals surface area contributed by atoms with Gasteiger partial charge in [0.05, 0.1) is 10.6 Å². The molecule has 0 saturated heterocycles. The van der Waals surface area contributed by atoms with Crippen LogP contribution in [0.3, 0.4) is 0 Å². The first-order valence-electron chi connectivity index (χ1n) is 5.56. The number of benzene rings is 2. The van der Waals surface area contributed by atoms with Gasteiger partial charge in [-0.25, -0.2) is 4.79 Å². The summed E-state index contributed by atoms with van der Waals surface area (Å²) in [7, 11) is 0. The first-order valence-corrected chi connectivity index (χ1v) is 5.94. The predicted molar refractivity (Wildman–Crippen MR) is 75.4 cm³/mol. The largest absolute Gasteiger partial charge is 0.508 e. The minimum Gasteiger partial charge on any atom is -0.508 e. The van der Waals surface area contributed by atoms with E-state index in [2.05, 4.69) is 0 Å². The van der Waals surface area contributed by atoms with E-state index in [-0.39, 0.29) is 11.3 Å². The minimum absolute atomic E-state index is 0.118. The molecule has 0 saturated carbocycles. The molecular weight excluding hydrogens is 264 g/mol. The topological polar surface area (TPSA) is 57.5 Å². The van der Waals surface area contributed by atoms with Crippen LogP contribution in [0.1, 0.15) is 21.5 Å². The molecule has 0 spiro atoms. The van der Waals surface area contributed by atoms with E-state index in [1.165, 1.54) is 6.07 Å². The van der Waals surface area contributed by atoms with Crippen LogP contribution >= 0.6 is 11.6 Å². The van der Waals surface area contributed by atoms with E-state index in [0.29, 0.717) is 5.02 Å². The Bertz CT molecular complexity index is 630. The van der Waals surface area contributed by atoms with Gasteiger partial charge in [0, 0.05) is 0 Å². The molecule has 0 aliphatic carbocycles. The molecule has 0 radical (unpaired) electrons. The first kappa shape index (κ1) is 13.2. The zero-order valence-electron chi connectivity index (χ0n) is 9.88. The van der Waals surface area contributed by atoms with Crippen molar-refractivity contribution >= 4 is 29.7 Å². The SMILES string of the molecule is O=C(O)c1ccc(C=Cc2ccc(O)cc2Cl)cc1. The lowest BCUT2D eigenvalue weighted by atomic mass is 10.1. The van der Waals surface area contributed by atoms with Crippen LogP contribution in [-0.4, -0.2) is 16.2 Å². The third kappa shape index (κ3) is 3.36. The molecular formula is C15H11ClO3. The number of aromatic hydroxyl groups is 1. The fraction of sp³-hybridized carbons (Fsp3) is 0. The van der Waals surface area contributed by atoms with Crippen molar-refractivity contribution in [3.8, 4) is 5.75 Å². The number of carboxylic acids is 1. The van der Waals surface area contributed by atoms with E-state index in [4.69, 9.17) is 16.7 Å². The number of aromatic carboxylic acids is 1. The molecule has 3 nitrogen and oxygen atoms in total. The standard InChI is InChI=1S/C15H11ClO3/c16-14-9-13(17)8-7-11(14)4-1-10-2-5-12(6-3-10)15(18)19/h1-9,17H,(H,18,19). The molecule has 0 aromatic heterocycles. The van der Waals surface area contributed by atoms with Gasteiger partial charge < -0.3 is 10.2 Å². The fourth-order valence-electron chi connectivity index (χ4n) is 1.57. The van der Waals surface area contributed by atoms with Crippen molar-refractivity contribution in [2.75, 3.05) is 0 Å². The summed E-state index contributed by atoms with van der Waals surface area (Å²) in [6.07, 6.45) is 3.63. The summed E-state index contributed by atoms with van der Waals surface area (Å²) in [6, 6.07) is 11.2. The minimum atomic E-state index is -0.947. The van der Waals surface area contributed by atoms with Crippen LogP contribution in [0.15, 0.2) is 42.5 Å². The molecule has 0 bridgehead atoms. The van der Waals surface area contributed by atoms with Gasteiger partial charge in [0.25, 0.3) is 0 Å². The third-order valence-corrected chi connectivity index (χ3v) is 2.92. The highest BCUT2D eigenvalue weighted by atomic mass is 35.5. The summed E-state index contributed by atoms with van der Waals surface area (Å²) in [6.45, 7) is 0. The van der Waals surface area contributed by atoms with Crippen LogP contribution in [0.25, 0.3) is 12.2 Å². The summed E-state index contributed by atoms with van der Waals surface area (Å²) < 4.78 is 0. The van der Waals surface area contributed by atoms with Crippen molar-refractivity contribution in [2.45, 2.75) is 0 Å². The summed E-state index contributed by atoms with van der Waals surface area (Å²) in [5.41, 5.74) is 1.90. The van der Waals surface area contributed by atoms with Crippen molar-refractivity contribution in [3.05, 3.63) is 64.2 Å². The van der Waals surface area contributed by atoms with Crippen molar-refractivity contribution in [1.82, 2.24) is 0 Å². The number of hydrogen-bond donors (Lipinski definition) is 2. The Morgan fingerprint density at radius 3 is 2.32 bits per heavy atom. The van der Waals surface area contributed by atoms with Crippen LogP contribution in [-0.2, 0) is 0 Å². The van der Waals surface area contributed by atoms with Gasteiger partial charge >= 0.3 is 5.97 Å². The van der Waals surface area contributed by atoms with E-state index in [1.54, 1.807) is 42.5 Å². The normalized spacial score (nSPS) is 10.8. The Morgan fingerprint density at radius 1 is 1.05 bits per heavy atom. The van der Waals surface area contributed by atoms with Crippen LogP contribution in [0.4, 0.5) is 0 Å². The van der Waals surface area contributed by atoms with Crippen LogP contribution < -0.4 is 0 Å². The maximum atomic E-state index is 10.7. The lowest BCUT2D eigenvalue weighted by Crippen LogP contribution is -1.94. The number of carbonyl (C=O) groups is 1. The van der Waals surface area contributed by atoms with Crippen molar-refractivity contribution in [2.24, 2.45) is 0 Å². The van der Waals surface area contributed by atoms with Gasteiger partial charge in [-0.3, -0.25) is 0 Å². The Kier molecular flexibility index (Phi) is 3.88. The smallest absolute Gasteiger partial charge is 0.335 e. The number of phenols is 1. The number of halogens is 1. The maximum absolute atomic E-state index is 10.7. The molecule has 19 heavy (non-hydrogen) atoms. The van der Waals surface area contributed by atoms with Gasteiger partial charge in [0.15, 0.2) is 0 Å². The van der Waals surface area contributed by atoms with E-state index in [0.717, 1.165) is 11.1 Å². The monoisotopic (exact) mass is 274 g/mol. The molecule has 0 unspecified atom stereocenters. The Morgan fingerprint density at radius 2 is 1.74 bits per heavy atom. The molecule has 4 heteroatoms. The molecule has 0 fully saturated rings. The summed E-state index contributed by atoms with van der Waals surface area (Å²) in [5, 5.41) is 18.5. The Labute approximate surface area is 115 Å². The second kappa shape index (κ2) is 5.59. The number of carboxylic acid groups (broad SMARTS) is 1. The molecule has 0 aliphatic rings. The van der Waals surface area contributed by atoms with Gasteiger partial charge in [0.2, 0.25) is 0 Å². The Balaban J connectivity index is 2.20. The van der Waals surface area contributed by atoms with Crippen molar-refractivity contribution in [3.63, 3.8) is 0 Å². The average Bonchev–Trinajstić information content (AvgIpc) is 2.38.